The molecule has 0 atom stereocenters. The van der Waals surface area contributed by atoms with Crippen LogP contribution in [0.15, 0.2) is 84.0 Å². The van der Waals surface area contributed by atoms with Crippen molar-refractivity contribution in [1.29, 1.82) is 0 Å². The largest absolute Gasteiger partial charge is 0.301 e. The summed E-state index contributed by atoms with van der Waals surface area (Å²) < 4.78 is 0. The minimum absolute atomic E-state index is 0.0615. The average molecular weight is 416 g/mol. The second-order valence-corrected chi connectivity index (χ2v) is 6.62. The van der Waals surface area contributed by atoms with Gasteiger partial charge in [-0.3, -0.25) is 25.7 Å². The highest BCUT2D eigenvalue weighted by Crippen LogP contribution is 2.29. The lowest BCUT2D eigenvalue weighted by Crippen LogP contribution is -2.04. The van der Waals surface area contributed by atoms with Crippen molar-refractivity contribution in [3.8, 4) is 0 Å². The van der Waals surface area contributed by atoms with E-state index in [4.69, 9.17) is 0 Å². The highest BCUT2D eigenvalue weighted by atomic mass is 16.6. The summed E-state index contributed by atoms with van der Waals surface area (Å²) in [4.78, 5) is 21.0. The third kappa shape index (κ3) is 5.60. The van der Waals surface area contributed by atoms with Crippen molar-refractivity contribution in [2.75, 3.05) is 5.43 Å². The summed E-state index contributed by atoms with van der Waals surface area (Å²) in [6.45, 7) is 2.06. The lowest BCUT2D eigenvalue weighted by Gasteiger charge is -2.06. The number of hydrogen-bond acceptors (Lipinski definition) is 6. The van der Waals surface area contributed by atoms with Crippen LogP contribution in [0.25, 0.3) is 6.08 Å². The first-order valence-electron chi connectivity index (χ1n) is 9.57. The summed E-state index contributed by atoms with van der Waals surface area (Å²) in [6, 6.07) is 20.9. The van der Waals surface area contributed by atoms with E-state index in [1.165, 1.54) is 17.7 Å². The lowest BCUT2D eigenvalue weighted by molar-refractivity contribution is -0.393. The molecule has 0 aromatic heterocycles. The number of nitrogens with one attached hydrogen (secondary N) is 1. The molecule has 0 aliphatic heterocycles. The Bertz CT molecular complexity index is 1140. The Morgan fingerprint density at radius 2 is 1.68 bits per heavy atom. The molecular formula is C23H20N4O4. The molecule has 0 unspecified atom stereocenters. The number of hydrazone groups is 1. The third-order valence-corrected chi connectivity index (χ3v) is 4.58. The number of rotatable bonds is 8. The number of anilines is 1. The second kappa shape index (κ2) is 9.93. The Balaban J connectivity index is 1.97. The van der Waals surface area contributed by atoms with E-state index in [1.54, 1.807) is 6.08 Å². The molecule has 0 heterocycles. The van der Waals surface area contributed by atoms with Gasteiger partial charge in [-0.05, 0) is 29.7 Å². The second-order valence-electron chi connectivity index (χ2n) is 6.62. The first-order chi connectivity index (χ1) is 15.0. The molecular weight excluding hydrogens is 396 g/mol. The SMILES string of the molecule is CCc1ccc(C(/C=C/c2ccccc2)=N/Nc2ccc([N+](=O)[O-])cc2[N+](=O)[O-])cc1. The zero-order valence-electron chi connectivity index (χ0n) is 16.8. The Kier molecular flexibility index (Phi) is 6.85. The third-order valence-electron chi connectivity index (χ3n) is 4.58. The van der Waals surface area contributed by atoms with E-state index in [-0.39, 0.29) is 11.4 Å². The molecule has 3 aromatic carbocycles. The van der Waals surface area contributed by atoms with Gasteiger partial charge in [0, 0.05) is 11.6 Å². The van der Waals surface area contributed by atoms with Gasteiger partial charge in [-0.2, -0.15) is 5.10 Å². The summed E-state index contributed by atoms with van der Waals surface area (Å²) in [5, 5.41) is 26.7. The Labute approximate surface area is 178 Å². The molecule has 0 aliphatic rings. The van der Waals surface area contributed by atoms with E-state index in [0.29, 0.717) is 5.71 Å². The maximum Gasteiger partial charge on any atom is 0.301 e. The van der Waals surface area contributed by atoms with Crippen molar-refractivity contribution in [1.82, 2.24) is 0 Å². The van der Waals surface area contributed by atoms with Gasteiger partial charge in [-0.15, -0.1) is 0 Å². The van der Waals surface area contributed by atoms with Crippen LogP contribution in [0, 0.1) is 20.2 Å². The lowest BCUT2D eigenvalue weighted by atomic mass is 10.1. The molecule has 0 radical (unpaired) electrons. The summed E-state index contributed by atoms with van der Waals surface area (Å²) >= 11 is 0. The summed E-state index contributed by atoms with van der Waals surface area (Å²) in [5.74, 6) is 0. The molecule has 31 heavy (non-hydrogen) atoms. The molecule has 8 heteroatoms. The van der Waals surface area contributed by atoms with Crippen LogP contribution in [0.4, 0.5) is 17.1 Å². The van der Waals surface area contributed by atoms with Crippen molar-refractivity contribution in [3.63, 3.8) is 0 Å². The molecule has 0 spiro atoms. The fourth-order valence-electron chi connectivity index (χ4n) is 2.85. The molecule has 156 valence electrons. The number of aryl methyl sites for hydroxylation is 1. The van der Waals surface area contributed by atoms with Gasteiger partial charge in [-0.25, -0.2) is 0 Å². The van der Waals surface area contributed by atoms with Gasteiger partial charge in [-0.1, -0.05) is 67.6 Å². The summed E-state index contributed by atoms with van der Waals surface area (Å²) in [5.41, 5.74) is 5.50. The molecule has 0 amide bonds. The van der Waals surface area contributed by atoms with Crippen molar-refractivity contribution in [3.05, 3.63) is 116 Å². The zero-order valence-corrected chi connectivity index (χ0v) is 16.8. The van der Waals surface area contributed by atoms with Crippen LogP contribution in [-0.2, 0) is 6.42 Å². The number of non-ortho nitro benzene ring substituents is 1. The minimum Gasteiger partial charge on any atom is -0.271 e. The van der Waals surface area contributed by atoms with Gasteiger partial charge in [0.1, 0.15) is 5.69 Å². The molecule has 0 bridgehead atoms. The van der Waals surface area contributed by atoms with Crippen LogP contribution >= 0.6 is 0 Å². The fourth-order valence-corrected chi connectivity index (χ4v) is 2.85. The topological polar surface area (TPSA) is 111 Å². The number of nitro groups is 2. The van der Waals surface area contributed by atoms with Crippen molar-refractivity contribution >= 4 is 28.8 Å². The van der Waals surface area contributed by atoms with Crippen LogP contribution in [0.2, 0.25) is 0 Å². The van der Waals surface area contributed by atoms with E-state index in [9.17, 15) is 20.2 Å². The quantitative estimate of drug-likeness (QED) is 0.292. The van der Waals surface area contributed by atoms with E-state index in [2.05, 4.69) is 17.5 Å². The number of hydrogen-bond donors (Lipinski definition) is 1. The van der Waals surface area contributed by atoms with Gasteiger partial charge in [0.25, 0.3) is 5.69 Å². The van der Waals surface area contributed by atoms with E-state index in [1.807, 2.05) is 60.7 Å². The maximum atomic E-state index is 11.4. The molecule has 3 rings (SSSR count). The van der Waals surface area contributed by atoms with E-state index in [0.717, 1.165) is 23.6 Å². The first-order valence-corrected chi connectivity index (χ1v) is 9.57. The van der Waals surface area contributed by atoms with Gasteiger partial charge in [0.15, 0.2) is 0 Å². The Hall–Kier alpha value is -4.33. The Morgan fingerprint density at radius 3 is 2.29 bits per heavy atom. The van der Waals surface area contributed by atoms with Crippen LogP contribution < -0.4 is 5.43 Å². The van der Waals surface area contributed by atoms with E-state index < -0.39 is 15.5 Å². The normalized spacial score (nSPS) is 11.5. The summed E-state index contributed by atoms with van der Waals surface area (Å²) in [6.07, 6.45) is 4.60. The molecule has 0 saturated carbocycles. The maximum absolute atomic E-state index is 11.4. The molecule has 0 fully saturated rings. The monoisotopic (exact) mass is 416 g/mol. The van der Waals surface area contributed by atoms with Gasteiger partial charge >= 0.3 is 5.69 Å². The van der Waals surface area contributed by atoms with Gasteiger partial charge in [0.05, 0.1) is 21.6 Å². The molecule has 0 saturated heterocycles. The van der Waals surface area contributed by atoms with Crippen molar-refractivity contribution in [2.45, 2.75) is 13.3 Å². The highest BCUT2D eigenvalue weighted by molar-refractivity contribution is 6.11. The molecule has 1 N–H and O–H groups in total. The van der Waals surface area contributed by atoms with Crippen molar-refractivity contribution in [2.24, 2.45) is 5.10 Å². The predicted octanol–water partition coefficient (Wildman–Crippen LogP) is 5.60. The summed E-state index contributed by atoms with van der Waals surface area (Å²) in [7, 11) is 0. The molecule has 3 aromatic rings. The average Bonchev–Trinajstić information content (AvgIpc) is 2.79. The predicted molar refractivity (Wildman–Crippen MR) is 121 cm³/mol. The van der Waals surface area contributed by atoms with Crippen LogP contribution in [0.3, 0.4) is 0 Å². The first kappa shape index (κ1) is 21.4. The van der Waals surface area contributed by atoms with Crippen LogP contribution in [0.5, 0.6) is 0 Å². The minimum atomic E-state index is -0.680. The number of allylic oxidation sites excluding steroid dienone is 1. The van der Waals surface area contributed by atoms with Gasteiger partial charge in [0.2, 0.25) is 0 Å². The van der Waals surface area contributed by atoms with E-state index >= 15 is 0 Å². The standard InChI is InChI=1S/C23H20N4O4/c1-2-17-8-11-19(12-9-17)21(14-10-18-6-4-3-5-7-18)24-25-22-15-13-20(26(28)29)16-23(22)27(30)31/h3-16,25H,2H2,1H3/b14-10+,24-21+. The number of nitro benzene ring substituents is 2. The number of benzene rings is 3. The molecule has 0 aliphatic carbocycles. The zero-order chi connectivity index (χ0) is 22.2. The van der Waals surface area contributed by atoms with Crippen LogP contribution in [-0.4, -0.2) is 15.6 Å². The van der Waals surface area contributed by atoms with Crippen LogP contribution in [0.1, 0.15) is 23.6 Å². The van der Waals surface area contributed by atoms with Crippen molar-refractivity contribution < 1.29 is 9.85 Å². The van der Waals surface area contributed by atoms with Gasteiger partial charge < -0.3 is 0 Å². The fraction of sp³-hybridized carbons (Fsp3) is 0.0870. The number of nitrogens with zero attached hydrogens (tertiary/aromatic N) is 3. The highest BCUT2D eigenvalue weighted by Gasteiger charge is 2.19. The molecule has 8 nitrogen and oxygen atoms in total. The Morgan fingerprint density at radius 1 is 0.968 bits per heavy atom. The smallest absolute Gasteiger partial charge is 0.271 e.